The first-order valence-corrected chi connectivity index (χ1v) is 7.27. The molecule has 5 nitrogen and oxygen atoms in total. The summed E-state index contributed by atoms with van der Waals surface area (Å²) in [5, 5.41) is 12.9. The molecule has 0 amide bonds. The first-order valence-electron chi connectivity index (χ1n) is 7.27. The quantitative estimate of drug-likeness (QED) is 0.868. The molecular formula is C14H21N3O2. The third-order valence-corrected chi connectivity index (χ3v) is 4.30. The van der Waals surface area contributed by atoms with Gasteiger partial charge in [0.15, 0.2) is 0 Å². The van der Waals surface area contributed by atoms with Crippen molar-refractivity contribution in [3.8, 4) is 0 Å². The first kappa shape index (κ1) is 12.7. The van der Waals surface area contributed by atoms with Crippen molar-refractivity contribution in [3.05, 3.63) is 17.7 Å². The number of aryl methyl sites for hydroxylation is 1. The lowest BCUT2D eigenvalue weighted by atomic mass is 10.00. The predicted molar refractivity (Wildman–Crippen MR) is 71.2 cm³/mol. The minimum atomic E-state index is -0.725. The van der Waals surface area contributed by atoms with Gasteiger partial charge in [0, 0.05) is 24.4 Å². The van der Waals surface area contributed by atoms with Crippen LogP contribution in [0.3, 0.4) is 0 Å². The Labute approximate surface area is 113 Å². The molecule has 3 heterocycles. The van der Waals surface area contributed by atoms with Crippen LogP contribution in [0.1, 0.15) is 49.7 Å². The summed E-state index contributed by atoms with van der Waals surface area (Å²) >= 11 is 0. The van der Waals surface area contributed by atoms with E-state index in [1.54, 1.807) is 0 Å². The van der Waals surface area contributed by atoms with Gasteiger partial charge < -0.3 is 15.0 Å². The van der Waals surface area contributed by atoms with E-state index in [0.717, 1.165) is 43.7 Å². The summed E-state index contributed by atoms with van der Waals surface area (Å²) in [6.45, 7) is 1.07. The highest BCUT2D eigenvalue weighted by Crippen LogP contribution is 2.27. The zero-order valence-corrected chi connectivity index (χ0v) is 11.1. The SMILES string of the molecule is O=C(O)C1CCCc2cnc(CC3CCCCN3)n21. The van der Waals surface area contributed by atoms with E-state index in [0.29, 0.717) is 6.04 Å². The number of aromatic nitrogens is 2. The minimum Gasteiger partial charge on any atom is -0.480 e. The Kier molecular flexibility index (Phi) is 3.55. The Morgan fingerprint density at radius 3 is 3.05 bits per heavy atom. The van der Waals surface area contributed by atoms with Crippen molar-refractivity contribution in [3.63, 3.8) is 0 Å². The minimum absolute atomic E-state index is 0.412. The van der Waals surface area contributed by atoms with Crippen molar-refractivity contribution >= 4 is 5.97 Å². The average molecular weight is 263 g/mol. The lowest BCUT2D eigenvalue weighted by Gasteiger charge is -2.27. The summed E-state index contributed by atoms with van der Waals surface area (Å²) < 4.78 is 1.97. The van der Waals surface area contributed by atoms with E-state index < -0.39 is 12.0 Å². The smallest absolute Gasteiger partial charge is 0.326 e. The van der Waals surface area contributed by atoms with Crippen LogP contribution in [0.2, 0.25) is 0 Å². The van der Waals surface area contributed by atoms with E-state index in [2.05, 4.69) is 10.3 Å². The molecule has 1 fully saturated rings. The monoisotopic (exact) mass is 263 g/mol. The van der Waals surface area contributed by atoms with Crippen LogP contribution in [0.25, 0.3) is 0 Å². The van der Waals surface area contributed by atoms with Crippen LogP contribution in [0, 0.1) is 0 Å². The third-order valence-electron chi connectivity index (χ3n) is 4.30. The molecular weight excluding hydrogens is 242 g/mol. The Morgan fingerprint density at radius 2 is 2.32 bits per heavy atom. The molecule has 0 aromatic carbocycles. The average Bonchev–Trinajstić information content (AvgIpc) is 2.83. The van der Waals surface area contributed by atoms with Crippen molar-refractivity contribution in [2.45, 2.75) is 57.0 Å². The summed E-state index contributed by atoms with van der Waals surface area (Å²) in [6, 6.07) is 0.0430. The highest BCUT2D eigenvalue weighted by Gasteiger charge is 2.29. The van der Waals surface area contributed by atoms with Crippen molar-refractivity contribution in [2.24, 2.45) is 0 Å². The van der Waals surface area contributed by atoms with Gasteiger partial charge in [0.2, 0.25) is 0 Å². The number of carboxylic acid groups (broad SMARTS) is 1. The number of carboxylic acids is 1. The van der Waals surface area contributed by atoms with Crippen LogP contribution < -0.4 is 5.32 Å². The first-order chi connectivity index (χ1) is 9.25. The molecule has 19 heavy (non-hydrogen) atoms. The molecule has 2 aliphatic rings. The van der Waals surface area contributed by atoms with Crippen LogP contribution in [0.15, 0.2) is 6.20 Å². The third kappa shape index (κ3) is 2.52. The Hall–Kier alpha value is -1.36. The van der Waals surface area contributed by atoms with E-state index in [-0.39, 0.29) is 0 Å². The Balaban J connectivity index is 1.82. The molecule has 2 aliphatic heterocycles. The fraction of sp³-hybridized carbons (Fsp3) is 0.714. The van der Waals surface area contributed by atoms with Crippen LogP contribution in [0.4, 0.5) is 0 Å². The molecule has 2 unspecified atom stereocenters. The standard InChI is InChI=1S/C14H21N3O2/c18-14(19)12-6-3-5-11-9-16-13(17(11)12)8-10-4-1-2-7-15-10/h9-10,12,15H,1-8H2,(H,18,19). The van der Waals surface area contributed by atoms with E-state index in [4.69, 9.17) is 0 Å². The Bertz CT molecular complexity index is 463. The molecule has 2 N–H and O–H groups in total. The van der Waals surface area contributed by atoms with Gasteiger partial charge >= 0.3 is 5.97 Å². The van der Waals surface area contributed by atoms with E-state index in [9.17, 15) is 9.90 Å². The number of nitrogens with one attached hydrogen (secondary N) is 1. The Morgan fingerprint density at radius 1 is 1.42 bits per heavy atom. The second-order valence-electron chi connectivity index (χ2n) is 5.63. The number of rotatable bonds is 3. The molecule has 1 saturated heterocycles. The molecule has 0 bridgehead atoms. The number of aliphatic carboxylic acids is 1. The molecule has 1 aromatic rings. The van der Waals surface area contributed by atoms with Gasteiger partial charge in [-0.2, -0.15) is 0 Å². The molecule has 1 aromatic heterocycles. The fourth-order valence-corrected chi connectivity index (χ4v) is 3.31. The number of hydrogen-bond donors (Lipinski definition) is 2. The van der Waals surface area contributed by atoms with Crippen LogP contribution >= 0.6 is 0 Å². The lowest BCUT2D eigenvalue weighted by Crippen LogP contribution is -2.37. The summed E-state index contributed by atoms with van der Waals surface area (Å²) in [4.78, 5) is 15.9. The maximum Gasteiger partial charge on any atom is 0.326 e. The van der Waals surface area contributed by atoms with Crippen molar-refractivity contribution in [1.29, 1.82) is 0 Å². The largest absolute Gasteiger partial charge is 0.480 e. The normalized spacial score (nSPS) is 26.9. The second-order valence-corrected chi connectivity index (χ2v) is 5.63. The molecule has 3 rings (SSSR count). The summed E-state index contributed by atoms with van der Waals surface area (Å²) in [5.74, 6) is 0.221. The van der Waals surface area contributed by atoms with Gasteiger partial charge in [-0.05, 0) is 38.6 Å². The summed E-state index contributed by atoms with van der Waals surface area (Å²) in [5.41, 5.74) is 1.09. The second kappa shape index (κ2) is 5.33. The van der Waals surface area contributed by atoms with Gasteiger partial charge in [0.05, 0.1) is 0 Å². The van der Waals surface area contributed by atoms with E-state index in [1.807, 2.05) is 10.8 Å². The van der Waals surface area contributed by atoms with Crippen molar-refractivity contribution in [1.82, 2.24) is 14.9 Å². The van der Waals surface area contributed by atoms with E-state index in [1.165, 1.54) is 19.3 Å². The zero-order chi connectivity index (χ0) is 13.2. The van der Waals surface area contributed by atoms with Crippen molar-refractivity contribution in [2.75, 3.05) is 6.54 Å². The highest BCUT2D eigenvalue weighted by molar-refractivity contribution is 5.72. The molecule has 0 spiro atoms. The molecule has 2 atom stereocenters. The number of nitrogens with zero attached hydrogens (tertiary/aromatic N) is 2. The number of piperidine rings is 1. The number of imidazole rings is 1. The van der Waals surface area contributed by atoms with E-state index >= 15 is 0 Å². The molecule has 5 heteroatoms. The van der Waals surface area contributed by atoms with Gasteiger partial charge in [-0.3, -0.25) is 0 Å². The molecule has 0 radical (unpaired) electrons. The molecule has 0 saturated carbocycles. The maximum absolute atomic E-state index is 11.4. The fourth-order valence-electron chi connectivity index (χ4n) is 3.31. The number of fused-ring (bicyclic) bond motifs is 1. The summed E-state index contributed by atoms with van der Waals surface area (Å²) in [6.07, 6.45) is 9.01. The van der Waals surface area contributed by atoms with Crippen molar-refractivity contribution < 1.29 is 9.90 Å². The van der Waals surface area contributed by atoms with Crippen LogP contribution in [-0.4, -0.2) is 33.2 Å². The predicted octanol–water partition coefficient (Wildman–Crippen LogP) is 1.53. The van der Waals surface area contributed by atoms with Gasteiger partial charge in [0.1, 0.15) is 11.9 Å². The number of hydrogen-bond acceptors (Lipinski definition) is 3. The lowest BCUT2D eigenvalue weighted by molar-refractivity contribution is -0.141. The van der Waals surface area contributed by atoms with Crippen LogP contribution in [-0.2, 0) is 17.6 Å². The van der Waals surface area contributed by atoms with Gasteiger partial charge in [0.25, 0.3) is 0 Å². The number of carbonyl (C=O) groups is 1. The topological polar surface area (TPSA) is 67.2 Å². The van der Waals surface area contributed by atoms with Gasteiger partial charge in [-0.15, -0.1) is 0 Å². The van der Waals surface area contributed by atoms with Crippen LogP contribution in [0.5, 0.6) is 0 Å². The van der Waals surface area contributed by atoms with Gasteiger partial charge in [-0.1, -0.05) is 6.42 Å². The van der Waals surface area contributed by atoms with Gasteiger partial charge in [-0.25, -0.2) is 9.78 Å². The molecule has 104 valence electrons. The maximum atomic E-state index is 11.4. The zero-order valence-electron chi connectivity index (χ0n) is 11.1. The molecule has 0 aliphatic carbocycles. The summed E-state index contributed by atoms with van der Waals surface area (Å²) in [7, 11) is 0. The highest BCUT2D eigenvalue weighted by atomic mass is 16.4.